The van der Waals surface area contributed by atoms with Crippen molar-refractivity contribution in [3.8, 4) is 0 Å². The molecule has 19 heteroatoms. The number of carboxylic acids is 1. The van der Waals surface area contributed by atoms with E-state index in [4.69, 9.17) is 9.47 Å². The summed E-state index contributed by atoms with van der Waals surface area (Å²) in [5.41, 5.74) is -1.11. The summed E-state index contributed by atoms with van der Waals surface area (Å²) in [7, 11) is 3.49. The number of nitrogens with zero attached hydrogens (tertiary/aromatic N) is 5. The molecular weight excluding hydrogens is 747 g/mol. The molecule has 3 N–H and O–H groups in total. The fourth-order valence-corrected chi connectivity index (χ4v) is 7.23. The van der Waals surface area contributed by atoms with Gasteiger partial charge in [0.1, 0.15) is 28.6 Å². The molecule has 0 bridgehead atoms. The Morgan fingerprint density at radius 2 is 1.78 bits per heavy atom. The summed E-state index contributed by atoms with van der Waals surface area (Å²) in [6.45, 7) is 7.84. The number of morpholine rings is 1. The van der Waals surface area contributed by atoms with E-state index in [0.717, 1.165) is 24.2 Å². The van der Waals surface area contributed by atoms with E-state index in [0.29, 0.717) is 37.9 Å². The van der Waals surface area contributed by atoms with E-state index in [1.54, 1.807) is 11.9 Å². The number of aromatic nitrogens is 3. The minimum absolute atomic E-state index is 0.0301. The van der Waals surface area contributed by atoms with Crippen molar-refractivity contribution in [2.24, 2.45) is 17.8 Å². The van der Waals surface area contributed by atoms with Crippen molar-refractivity contribution in [2.75, 3.05) is 33.9 Å². The Hall–Kier alpha value is -4.23. The van der Waals surface area contributed by atoms with Crippen LogP contribution >= 0.6 is 11.3 Å². The number of aliphatic carboxylic acids is 1. The lowest BCUT2D eigenvalue weighted by Gasteiger charge is -2.37. The highest BCUT2D eigenvalue weighted by molar-refractivity contribution is 7.09. The number of likely N-dealkylation sites (N-methyl/N-ethyl adjacent to an activating group) is 2. The van der Waals surface area contributed by atoms with Gasteiger partial charge in [0.25, 0.3) is 5.91 Å². The van der Waals surface area contributed by atoms with E-state index in [1.165, 1.54) is 19.2 Å². The summed E-state index contributed by atoms with van der Waals surface area (Å²) < 4.78 is 50.3. The van der Waals surface area contributed by atoms with Crippen molar-refractivity contribution in [2.45, 2.75) is 103 Å². The van der Waals surface area contributed by atoms with E-state index >= 15 is 0 Å². The topological polar surface area (TPSA) is 193 Å². The van der Waals surface area contributed by atoms with Crippen molar-refractivity contribution in [3.63, 3.8) is 0 Å². The van der Waals surface area contributed by atoms with Crippen LogP contribution in [0.5, 0.6) is 0 Å². The summed E-state index contributed by atoms with van der Waals surface area (Å²) in [5, 5.41) is 16.9. The Balaban J connectivity index is 1.50. The van der Waals surface area contributed by atoms with Crippen LogP contribution in [-0.2, 0) is 41.2 Å². The normalized spacial score (nSPS) is 19.1. The van der Waals surface area contributed by atoms with Crippen molar-refractivity contribution < 1.29 is 51.7 Å². The summed E-state index contributed by atoms with van der Waals surface area (Å²) >= 11 is 1.05. The third-order valence-electron chi connectivity index (χ3n) is 9.84. The number of esters is 1. The van der Waals surface area contributed by atoms with E-state index in [1.807, 2.05) is 25.8 Å². The molecule has 15 nitrogen and oxygen atoms in total. The van der Waals surface area contributed by atoms with Gasteiger partial charge in [0.05, 0.1) is 24.7 Å². The van der Waals surface area contributed by atoms with Crippen LogP contribution < -0.4 is 10.6 Å². The molecule has 1 saturated carbocycles. The molecule has 0 unspecified atom stereocenters. The second-order valence-electron chi connectivity index (χ2n) is 14.7. The second kappa shape index (κ2) is 19.1. The Labute approximate surface area is 321 Å². The second-order valence-corrected chi connectivity index (χ2v) is 15.6. The van der Waals surface area contributed by atoms with E-state index in [9.17, 15) is 42.3 Å². The fraction of sp³-hybridized carbons (Fsp3) is 0.667. The number of rotatable bonds is 18. The predicted molar refractivity (Wildman–Crippen MR) is 193 cm³/mol. The molecule has 1 saturated heterocycles. The van der Waals surface area contributed by atoms with Crippen LogP contribution in [0, 0.1) is 17.8 Å². The van der Waals surface area contributed by atoms with Gasteiger partial charge in [-0.2, -0.15) is 13.2 Å². The Bertz CT molecular complexity index is 1660. The smallest absolute Gasteiger partial charge is 0.419 e. The summed E-state index contributed by atoms with van der Waals surface area (Å²) in [4.78, 5) is 80.3. The van der Waals surface area contributed by atoms with Gasteiger partial charge in [0.15, 0.2) is 6.10 Å². The van der Waals surface area contributed by atoms with Crippen LogP contribution in [0.4, 0.5) is 13.2 Å². The summed E-state index contributed by atoms with van der Waals surface area (Å²) in [5.74, 6) is -3.77. The number of hydrogen-bond acceptors (Lipinski definition) is 12. The van der Waals surface area contributed by atoms with Gasteiger partial charge in [-0.3, -0.25) is 28.9 Å². The Morgan fingerprint density at radius 1 is 1.11 bits per heavy atom. The quantitative estimate of drug-likeness (QED) is 0.186. The van der Waals surface area contributed by atoms with Crippen molar-refractivity contribution in [1.29, 1.82) is 0 Å². The molecule has 1 aliphatic heterocycles. The van der Waals surface area contributed by atoms with Gasteiger partial charge in [0, 0.05) is 63.2 Å². The zero-order chi connectivity index (χ0) is 40.6. The maximum absolute atomic E-state index is 14.1. The highest BCUT2D eigenvalue weighted by Gasteiger charge is 2.38. The molecule has 1 aliphatic carbocycles. The molecule has 3 heterocycles. The molecule has 6 atom stereocenters. The van der Waals surface area contributed by atoms with Crippen molar-refractivity contribution >= 4 is 41.0 Å². The molecule has 0 radical (unpaired) electrons. The average Bonchev–Trinajstić information content (AvgIpc) is 3.79. The predicted octanol–water partition coefficient (Wildman–Crippen LogP) is 3.50. The molecule has 2 aliphatic rings. The first-order valence-electron chi connectivity index (χ1n) is 18.2. The van der Waals surface area contributed by atoms with Gasteiger partial charge in [-0.25, -0.2) is 15.0 Å². The van der Waals surface area contributed by atoms with Gasteiger partial charge < -0.3 is 30.1 Å². The maximum atomic E-state index is 14.1. The molecule has 0 spiro atoms. The largest absolute Gasteiger partial charge is 0.481 e. The molecule has 304 valence electrons. The van der Waals surface area contributed by atoms with E-state index < -0.39 is 65.8 Å². The van der Waals surface area contributed by atoms with Gasteiger partial charge in [0.2, 0.25) is 11.8 Å². The number of thiazole rings is 1. The Kier molecular flexibility index (Phi) is 15.1. The fourth-order valence-electron chi connectivity index (χ4n) is 6.39. The molecule has 4 rings (SSSR count). The maximum Gasteiger partial charge on any atom is 0.419 e. The number of ether oxygens (including phenoxy) is 2. The molecule has 2 aromatic rings. The first-order chi connectivity index (χ1) is 25.8. The standard InChI is InChI=1S/C36H50F3N7O8S/c1-19(2)27(46(6)34(50)25(12-22-7-8-22)43-32(49)28-17-53-10-9-45(28)5)14-29(54-21(4)47)33-44-26(18-55-33)31(48)42-24(11-20(3)35(51)52)13-30-40-15-23(16-41-30)36(37,38)39/h15-16,18-20,22,24-25,27-29H,7-14,17H2,1-6H3,(H,42,48)(H,43,49)(H,51,52)/t20-,24+,25-,27+,28+,29+/m0/s1. The molecule has 3 amide bonds. The van der Waals surface area contributed by atoms with Gasteiger partial charge in [-0.15, -0.1) is 11.3 Å². The SMILES string of the molecule is CC(=O)O[C@H](C[C@H](C(C)C)N(C)C(=O)[C@H](CC1CC1)NC(=O)[C@H]1COCCN1C)c1nc(C(=O)N[C@@H](Cc2ncc(C(F)(F)F)cn2)C[C@H](C)C(=O)O)cs1. The van der Waals surface area contributed by atoms with E-state index in [2.05, 4.69) is 25.6 Å². The van der Waals surface area contributed by atoms with Crippen LogP contribution in [0.25, 0.3) is 0 Å². The van der Waals surface area contributed by atoms with Crippen LogP contribution in [0.2, 0.25) is 0 Å². The minimum Gasteiger partial charge on any atom is -0.481 e. The third kappa shape index (κ3) is 12.6. The highest BCUT2D eigenvalue weighted by Crippen LogP contribution is 2.35. The van der Waals surface area contributed by atoms with Crippen LogP contribution in [0.3, 0.4) is 0 Å². The lowest BCUT2D eigenvalue weighted by atomic mass is 9.95. The van der Waals surface area contributed by atoms with Crippen LogP contribution in [-0.4, -0.2) is 118 Å². The molecule has 55 heavy (non-hydrogen) atoms. The number of carbonyl (C=O) groups is 5. The molecule has 2 aromatic heterocycles. The van der Waals surface area contributed by atoms with Crippen molar-refractivity contribution in [3.05, 3.63) is 39.9 Å². The highest BCUT2D eigenvalue weighted by atomic mass is 32.1. The molecule has 0 aromatic carbocycles. The molecule has 2 fully saturated rings. The zero-order valence-corrected chi connectivity index (χ0v) is 32.6. The first-order valence-corrected chi connectivity index (χ1v) is 19.1. The number of hydrogen-bond donors (Lipinski definition) is 3. The Morgan fingerprint density at radius 3 is 2.35 bits per heavy atom. The van der Waals surface area contributed by atoms with Gasteiger partial charge in [-0.1, -0.05) is 33.6 Å². The third-order valence-corrected chi connectivity index (χ3v) is 10.8. The lowest BCUT2D eigenvalue weighted by Crippen LogP contribution is -2.58. The van der Waals surface area contributed by atoms with Crippen LogP contribution in [0.15, 0.2) is 17.8 Å². The summed E-state index contributed by atoms with van der Waals surface area (Å²) in [6, 6.07) is -2.66. The first kappa shape index (κ1) is 43.5. The number of nitrogens with one attached hydrogen (secondary N) is 2. The number of carboxylic acid groups (broad SMARTS) is 1. The van der Waals surface area contributed by atoms with Crippen molar-refractivity contribution in [1.82, 2.24) is 35.4 Å². The number of alkyl halides is 3. The monoisotopic (exact) mass is 797 g/mol. The lowest BCUT2D eigenvalue weighted by molar-refractivity contribution is -0.149. The van der Waals surface area contributed by atoms with Gasteiger partial charge in [-0.05, 0) is 31.7 Å². The zero-order valence-electron chi connectivity index (χ0n) is 31.8. The summed E-state index contributed by atoms with van der Waals surface area (Å²) in [6.07, 6.45) is -2.04. The van der Waals surface area contributed by atoms with Gasteiger partial charge >= 0.3 is 18.1 Å². The number of halogens is 3. The molecular formula is C36H50F3N7O8S. The number of amides is 3. The van der Waals surface area contributed by atoms with Crippen LogP contribution in [0.1, 0.15) is 92.8 Å². The number of carbonyl (C=O) groups excluding carboxylic acids is 4. The minimum atomic E-state index is -4.64. The van der Waals surface area contributed by atoms with E-state index in [-0.39, 0.29) is 60.1 Å². The average molecular weight is 798 g/mol.